The number of methoxy groups -OCH3 is 1. The molecule has 0 amide bonds. The van der Waals surface area contributed by atoms with Crippen LogP contribution in [0.1, 0.15) is 0 Å². The van der Waals surface area contributed by atoms with Crippen LogP contribution in [0.15, 0.2) is 88.1 Å². The number of rotatable bonds is 5. The maximum absolute atomic E-state index is 11.8. The summed E-state index contributed by atoms with van der Waals surface area (Å²) >= 11 is 0. The van der Waals surface area contributed by atoms with Crippen LogP contribution in [0.5, 0.6) is 5.75 Å². The smallest absolute Gasteiger partial charge is 0.295 e. The van der Waals surface area contributed by atoms with E-state index < -0.39 is 10.1 Å². The number of nitrogens with two attached hydrogens (primary N) is 1. The fourth-order valence-corrected chi connectivity index (χ4v) is 3.87. The van der Waals surface area contributed by atoms with Crippen LogP contribution in [0.25, 0.3) is 22.0 Å². The molecule has 4 aromatic rings. The second-order valence-electron chi connectivity index (χ2n) is 6.66. The van der Waals surface area contributed by atoms with Gasteiger partial charge < -0.3 is 10.5 Å². The highest BCUT2D eigenvalue weighted by molar-refractivity contribution is 7.86. The van der Waals surface area contributed by atoms with Crippen molar-refractivity contribution >= 4 is 38.0 Å². The standard InChI is InChI=1S/C22H18N4O4S/c1-30-16-6-4-5-14(11-16)19-10-9-15(13-24-19)25-26-20-12-21(31(27,28)29)17-7-2-3-8-18(17)22(20)23/h2-13H,23H2,1H3,(H,27,28,29). The average Bonchev–Trinajstić information content (AvgIpc) is 2.78. The molecule has 0 saturated carbocycles. The fraction of sp³-hybridized carbons (Fsp3) is 0.0455. The van der Waals surface area contributed by atoms with Gasteiger partial charge in [0.2, 0.25) is 0 Å². The molecule has 31 heavy (non-hydrogen) atoms. The van der Waals surface area contributed by atoms with Crippen molar-refractivity contribution in [2.45, 2.75) is 4.90 Å². The Morgan fingerprint density at radius 2 is 1.74 bits per heavy atom. The SMILES string of the molecule is COc1cccc(-c2ccc(N=Nc3cc(S(=O)(=O)O)c4ccccc4c3N)cn2)c1. The number of nitrogen functional groups attached to an aromatic ring is 1. The Morgan fingerprint density at radius 3 is 2.42 bits per heavy atom. The van der Waals surface area contributed by atoms with Crippen LogP contribution < -0.4 is 10.5 Å². The summed E-state index contributed by atoms with van der Waals surface area (Å²) in [6.45, 7) is 0. The first kappa shape index (κ1) is 20.5. The van der Waals surface area contributed by atoms with Crippen molar-refractivity contribution in [3.63, 3.8) is 0 Å². The molecular formula is C22H18N4O4S. The quantitative estimate of drug-likeness (QED) is 0.254. The van der Waals surface area contributed by atoms with Crippen molar-refractivity contribution in [2.24, 2.45) is 10.2 Å². The van der Waals surface area contributed by atoms with E-state index in [2.05, 4.69) is 15.2 Å². The second-order valence-corrected chi connectivity index (χ2v) is 8.05. The van der Waals surface area contributed by atoms with Crippen molar-refractivity contribution in [1.29, 1.82) is 0 Å². The van der Waals surface area contributed by atoms with Crippen LogP contribution in [-0.4, -0.2) is 25.1 Å². The zero-order valence-electron chi connectivity index (χ0n) is 16.4. The molecule has 0 spiro atoms. The molecule has 0 atom stereocenters. The highest BCUT2D eigenvalue weighted by Crippen LogP contribution is 2.36. The predicted molar refractivity (Wildman–Crippen MR) is 119 cm³/mol. The lowest BCUT2D eigenvalue weighted by Crippen LogP contribution is -2.01. The molecule has 0 radical (unpaired) electrons. The first-order valence-electron chi connectivity index (χ1n) is 9.18. The Kier molecular flexibility index (Phi) is 5.37. The summed E-state index contributed by atoms with van der Waals surface area (Å²) in [5.41, 5.74) is 8.62. The van der Waals surface area contributed by atoms with E-state index in [1.807, 2.05) is 24.3 Å². The first-order chi connectivity index (χ1) is 14.9. The third-order valence-electron chi connectivity index (χ3n) is 4.69. The zero-order valence-corrected chi connectivity index (χ0v) is 17.2. The summed E-state index contributed by atoms with van der Waals surface area (Å²) in [5.74, 6) is 0.726. The van der Waals surface area contributed by atoms with Gasteiger partial charge in [-0.25, -0.2) is 0 Å². The molecule has 3 aromatic carbocycles. The van der Waals surface area contributed by atoms with Gasteiger partial charge in [0.25, 0.3) is 10.1 Å². The molecule has 0 aliphatic carbocycles. The van der Waals surface area contributed by atoms with Crippen molar-refractivity contribution in [3.05, 3.63) is 72.9 Å². The molecule has 0 bridgehead atoms. The lowest BCUT2D eigenvalue weighted by atomic mass is 10.1. The summed E-state index contributed by atoms with van der Waals surface area (Å²) in [6, 6.07) is 18.8. The lowest BCUT2D eigenvalue weighted by molar-refractivity contribution is 0.415. The van der Waals surface area contributed by atoms with E-state index in [1.165, 1.54) is 6.07 Å². The first-order valence-corrected chi connectivity index (χ1v) is 10.6. The van der Waals surface area contributed by atoms with Crippen molar-refractivity contribution in [1.82, 2.24) is 4.98 Å². The van der Waals surface area contributed by atoms with Crippen molar-refractivity contribution < 1.29 is 17.7 Å². The van der Waals surface area contributed by atoms with E-state index in [-0.39, 0.29) is 16.3 Å². The predicted octanol–water partition coefficient (Wildman–Crippen LogP) is 5.15. The van der Waals surface area contributed by atoms with Crippen molar-refractivity contribution in [2.75, 3.05) is 12.8 Å². The molecule has 0 aliphatic heterocycles. The minimum absolute atomic E-state index is 0.128. The fourth-order valence-electron chi connectivity index (χ4n) is 3.16. The topological polar surface area (TPSA) is 127 Å². The Morgan fingerprint density at radius 1 is 0.968 bits per heavy atom. The molecule has 0 saturated heterocycles. The van der Waals surface area contributed by atoms with Gasteiger partial charge in [0.05, 0.1) is 24.7 Å². The van der Waals surface area contributed by atoms with Crippen molar-refractivity contribution in [3.8, 4) is 17.0 Å². The molecule has 0 unspecified atom stereocenters. The Labute approximate surface area is 178 Å². The van der Waals surface area contributed by atoms with Crippen LogP contribution in [0.4, 0.5) is 17.1 Å². The number of fused-ring (bicyclic) bond motifs is 1. The number of hydrogen-bond donors (Lipinski definition) is 2. The van der Waals surface area contributed by atoms with E-state index >= 15 is 0 Å². The van der Waals surface area contributed by atoms with Gasteiger partial charge in [-0.15, -0.1) is 10.2 Å². The van der Waals surface area contributed by atoms with Gasteiger partial charge in [-0.3, -0.25) is 9.54 Å². The van der Waals surface area contributed by atoms with Gasteiger partial charge in [-0.05, 0) is 30.3 Å². The number of anilines is 1. The highest BCUT2D eigenvalue weighted by Gasteiger charge is 2.18. The Balaban J connectivity index is 1.69. The largest absolute Gasteiger partial charge is 0.497 e. The number of hydrogen-bond acceptors (Lipinski definition) is 7. The monoisotopic (exact) mass is 434 g/mol. The van der Waals surface area contributed by atoms with E-state index in [0.717, 1.165) is 17.0 Å². The highest BCUT2D eigenvalue weighted by atomic mass is 32.2. The summed E-state index contributed by atoms with van der Waals surface area (Å²) in [6.07, 6.45) is 1.54. The number of azo groups is 1. The zero-order chi connectivity index (χ0) is 22.0. The Hall–Kier alpha value is -3.82. The third kappa shape index (κ3) is 4.23. The van der Waals surface area contributed by atoms with E-state index in [4.69, 9.17) is 10.5 Å². The van der Waals surface area contributed by atoms with Gasteiger partial charge in [0.1, 0.15) is 22.0 Å². The average molecular weight is 434 g/mol. The van der Waals surface area contributed by atoms with Gasteiger partial charge >= 0.3 is 0 Å². The summed E-state index contributed by atoms with van der Waals surface area (Å²) in [4.78, 5) is 4.11. The third-order valence-corrected chi connectivity index (χ3v) is 5.58. The molecule has 1 aromatic heterocycles. The second kappa shape index (κ2) is 8.13. The summed E-state index contributed by atoms with van der Waals surface area (Å²) < 4.78 is 38.5. The van der Waals surface area contributed by atoms with Crippen LogP contribution in [0.3, 0.4) is 0 Å². The molecule has 0 fully saturated rings. The van der Waals surface area contributed by atoms with E-state index in [9.17, 15) is 13.0 Å². The number of pyridine rings is 1. The minimum Gasteiger partial charge on any atom is -0.497 e. The van der Waals surface area contributed by atoms with Crippen LogP contribution in [0, 0.1) is 0 Å². The Bertz CT molecular complexity index is 1400. The molecule has 4 rings (SSSR count). The minimum atomic E-state index is -4.47. The van der Waals surface area contributed by atoms with Crippen LogP contribution in [0.2, 0.25) is 0 Å². The van der Waals surface area contributed by atoms with Gasteiger partial charge in [-0.2, -0.15) is 8.42 Å². The summed E-state index contributed by atoms with van der Waals surface area (Å²) in [5, 5.41) is 8.98. The van der Waals surface area contributed by atoms with Gasteiger partial charge in [0, 0.05) is 16.3 Å². The molecule has 3 N–H and O–H groups in total. The molecule has 1 heterocycles. The molecule has 156 valence electrons. The van der Waals surface area contributed by atoms with E-state index in [0.29, 0.717) is 16.5 Å². The van der Waals surface area contributed by atoms with Crippen LogP contribution in [-0.2, 0) is 10.1 Å². The van der Waals surface area contributed by atoms with E-state index in [1.54, 1.807) is 49.7 Å². The molecular weight excluding hydrogens is 416 g/mol. The number of nitrogens with zero attached hydrogens (tertiary/aromatic N) is 3. The number of benzene rings is 3. The van der Waals surface area contributed by atoms with Gasteiger partial charge in [0.15, 0.2) is 0 Å². The lowest BCUT2D eigenvalue weighted by Gasteiger charge is -2.09. The summed E-state index contributed by atoms with van der Waals surface area (Å²) in [7, 11) is -2.87. The normalized spacial score (nSPS) is 11.8. The molecule has 8 nitrogen and oxygen atoms in total. The molecule has 0 aliphatic rings. The molecule has 9 heteroatoms. The van der Waals surface area contributed by atoms with Crippen LogP contribution >= 0.6 is 0 Å². The van der Waals surface area contributed by atoms with Gasteiger partial charge in [-0.1, -0.05) is 36.4 Å². The maximum Gasteiger partial charge on any atom is 0.295 e. The number of aromatic nitrogens is 1. The maximum atomic E-state index is 11.8. The number of ether oxygens (including phenoxy) is 1.